The van der Waals surface area contributed by atoms with Gasteiger partial charge in [0, 0.05) is 25.8 Å². The Labute approximate surface area is 108 Å². The van der Waals surface area contributed by atoms with Crippen molar-refractivity contribution in [3.63, 3.8) is 0 Å². The van der Waals surface area contributed by atoms with E-state index in [4.69, 9.17) is 5.11 Å². The zero-order valence-corrected chi connectivity index (χ0v) is 11.6. The second-order valence-corrected chi connectivity index (χ2v) is 5.90. The van der Waals surface area contributed by atoms with Gasteiger partial charge in [-0.3, -0.25) is 0 Å². The number of nitrogens with one attached hydrogen (secondary N) is 1. The Hall–Kier alpha value is -1.18. The van der Waals surface area contributed by atoms with Crippen molar-refractivity contribution in [2.75, 3.05) is 25.5 Å². The van der Waals surface area contributed by atoms with E-state index in [0.717, 1.165) is 4.31 Å². The lowest BCUT2D eigenvalue weighted by Crippen LogP contribution is -2.37. The van der Waals surface area contributed by atoms with Crippen LogP contribution in [0.4, 0.5) is 5.82 Å². The number of aromatic nitrogens is 1. The van der Waals surface area contributed by atoms with Crippen LogP contribution in [0, 0.1) is 0 Å². The van der Waals surface area contributed by atoms with E-state index in [1.807, 2.05) is 6.92 Å². The van der Waals surface area contributed by atoms with Crippen LogP contribution in [0.2, 0.25) is 0 Å². The number of aliphatic hydroxyl groups is 1. The van der Waals surface area contributed by atoms with Gasteiger partial charge in [-0.05, 0) is 26.0 Å². The lowest BCUT2D eigenvalue weighted by molar-refractivity contribution is 0.214. The van der Waals surface area contributed by atoms with Gasteiger partial charge in [0.25, 0.3) is 0 Å². The van der Waals surface area contributed by atoms with Crippen molar-refractivity contribution in [3.05, 3.63) is 18.3 Å². The molecule has 0 aliphatic carbocycles. The number of likely N-dealkylation sites (N-methyl/N-ethyl adjacent to an activating group) is 1. The number of hydrogen-bond donors (Lipinski definition) is 2. The first-order valence-electron chi connectivity index (χ1n) is 5.73. The minimum absolute atomic E-state index is 0.120. The van der Waals surface area contributed by atoms with E-state index in [9.17, 15) is 8.42 Å². The average molecular weight is 273 g/mol. The molecule has 102 valence electrons. The lowest BCUT2D eigenvalue weighted by atomic mass is 10.4. The number of aliphatic hydroxyl groups excluding tert-OH is 1. The molecule has 0 bridgehead atoms. The zero-order valence-electron chi connectivity index (χ0n) is 10.8. The first-order chi connectivity index (χ1) is 8.45. The van der Waals surface area contributed by atoms with Gasteiger partial charge in [-0.2, -0.15) is 4.31 Å². The smallest absolute Gasteiger partial charge is 0.246 e. The summed E-state index contributed by atoms with van der Waals surface area (Å²) in [5.41, 5.74) is 0. The molecule has 0 radical (unpaired) electrons. The quantitative estimate of drug-likeness (QED) is 0.789. The number of hydrogen-bond acceptors (Lipinski definition) is 5. The summed E-state index contributed by atoms with van der Waals surface area (Å²) in [5.74, 6) is 0.331. The second-order valence-electron chi connectivity index (χ2n) is 3.93. The van der Waals surface area contributed by atoms with Gasteiger partial charge < -0.3 is 10.4 Å². The highest BCUT2D eigenvalue weighted by atomic mass is 32.2. The van der Waals surface area contributed by atoms with Crippen molar-refractivity contribution in [1.82, 2.24) is 9.29 Å². The summed E-state index contributed by atoms with van der Waals surface area (Å²) in [6.07, 6.45) is 1.53. The monoisotopic (exact) mass is 273 g/mol. The Balaban J connectivity index is 3.20. The largest absolute Gasteiger partial charge is 0.395 e. The fraction of sp³-hybridized carbons (Fsp3) is 0.545. The molecule has 0 amide bonds. The van der Waals surface area contributed by atoms with E-state index in [1.54, 1.807) is 13.0 Å². The molecule has 18 heavy (non-hydrogen) atoms. The van der Waals surface area contributed by atoms with E-state index >= 15 is 0 Å². The zero-order chi connectivity index (χ0) is 13.8. The molecule has 1 aromatic rings. The van der Waals surface area contributed by atoms with Gasteiger partial charge in [-0.15, -0.1) is 0 Å². The first-order valence-corrected chi connectivity index (χ1v) is 7.17. The van der Waals surface area contributed by atoms with Crippen molar-refractivity contribution >= 4 is 15.8 Å². The van der Waals surface area contributed by atoms with E-state index in [-0.39, 0.29) is 11.5 Å². The second kappa shape index (κ2) is 6.12. The molecule has 0 fully saturated rings. The van der Waals surface area contributed by atoms with Crippen LogP contribution in [0.15, 0.2) is 23.2 Å². The topological polar surface area (TPSA) is 82.5 Å². The normalized spacial score (nSPS) is 13.6. The van der Waals surface area contributed by atoms with Crippen LogP contribution < -0.4 is 5.32 Å². The van der Waals surface area contributed by atoms with Crippen molar-refractivity contribution in [2.45, 2.75) is 24.8 Å². The molecule has 0 aromatic carbocycles. The molecule has 0 aliphatic heterocycles. The molecule has 1 aromatic heterocycles. The van der Waals surface area contributed by atoms with E-state index in [1.165, 1.54) is 19.3 Å². The number of pyridine rings is 1. The average Bonchev–Trinajstić information content (AvgIpc) is 2.37. The van der Waals surface area contributed by atoms with E-state index < -0.39 is 16.1 Å². The number of anilines is 1. The summed E-state index contributed by atoms with van der Waals surface area (Å²) < 4.78 is 25.9. The molecule has 1 unspecified atom stereocenters. The Morgan fingerprint density at radius 3 is 2.78 bits per heavy atom. The molecule has 1 heterocycles. The van der Waals surface area contributed by atoms with Crippen LogP contribution in [-0.4, -0.2) is 49.1 Å². The SMILES string of the molecule is CCNc1ncccc1S(=O)(=O)N(C)C(C)CO. The summed E-state index contributed by atoms with van der Waals surface area (Å²) >= 11 is 0. The van der Waals surface area contributed by atoms with Gasteiger partial charge in [0.1, 0.15) is 10.7 Å². The molecular formula is C11H19N3O3S. The Morgan fingerprint density at radius 2 is 2.22 bits per heavy atom. The highest BCUT2D eigenvalue weighted by molar-refractivity contribution is 7.89. The van der Waals surface area contributed by atoms with Gasteiger partial charge in [0.15, 0.2) is 0 Å². The van der Waals surface area contributed by atoms with Crippen LogP contribution >= 0.6 is 0 Å². The third-order valence-electron chi connectivity index (χ3n) is 2.66. The molecule has 0 spiro atoms. The van der Waals surface area contributed by atoms with E-state index in [0.29, 0.717) is 12.4 Å². The van der Waals surface area contributed by atoms with Crippen molar-refractivity contribution in [1.29, 1.82) is 0 Å². The van der Waals surface area contributed by atoms with Crippen molar-refractivity contribution < 1.29 is 13.5 Å². The highest BCUT2D eigenvalue weighted by Crippen LogP contribution is 2.22. The number of rotatable bonds is 6. The molecule has 1 atom stereocenters. The molecule has 0 saturated heterocycles. The molecule has 0 saturated carbocycles. The van der Waals surface area contributed by atoms with Gasteiger partial charge >= 0.3 is 0 Å². The fourth-order valence-corrected chi connectivity index (χ4v) is 2.88. The van der Waals surface area contributed by atoms with Crippen LogP contribution in [0.3, 0.4) is 0 Å². The van der Waals surface area contributed by atoms with Gasteiger partial charge in [0.05, 0.1) is 6.61 Å². The molecule has 0 aliphatic rings. The number of sulfonamides is 1. The Kier molecular flexibility index (Phi) is 5.06. The predicted octanol–water partition coefficient (Wildman–Crippen LogP) is 0.515. The Bertz CT molecular complexity index is 490. The highest BCUT2D eigenvalue weighted by Gasteiger charge is 2.27. The maximum absolute atomic E-state index is 12.4. The van der Waals surface area contributed by atoms with Gasteiger partial charge in [0.2, 0.25) is 10.0 Å². The standard InChI is InChI=1S/C11H19N3O3S/c1-4-12-11-10(6-5-7-13-11)18(16,17)14(3)9(2)8-15/h5-7,9,15H,4,8H2,1-3H3,(H,12,13). The van der Waals surface area contributed by atoms with Crippen LogP contribution in [0.1, 0.15) is 13.8 Å². The van der Waals surface area contributed by atoms with Crippen LogP contribution in [0.5, 0.6) is 0 Å². The summed E-state index contributed by atoms with van der Waals surface area (Å²) in [6.45, 7) is 3.86. The first kappa shape index (κ1) is 14.9. The third-order valence-corrected chi connectivity index (χ3v) is 4.66. The van der Waals surface area contributed by atoms with Gasteiger partial charge in [-0.1, -0.05) is 0 Å². The molecule has 1 rings (SSSR count). The summed E-state index contributed by atoms with van der Waals surface area (Å²) in [5, 5.41) is 12.0. The maximum atomic E-state index is 12.4. The summed E-state index contributed by atoms with van der Waals surface area (Å²) in [7, 11) is -2.21. The summed E-state index contributed by atoms with van der Waals surface area (Å²) in [6, 6.07) is 2.59. The van der Waals surface area contributed by atoms with Gasteiger partial charge in [-0.25, -0.2) is 13.4 Å². The lowest BCUT2D eigenvalue weighted by Gasteiger charge is -2.23. The Morgan fingerprint density at radius 1 is 1.56 bits per heavy atom. The molecule has 6 nitrogen and oxygen atoms in total. The number of nitrogens with zero attached hydrogens (tertiary/aromatic N) is 2. The minimum Gasteiger partial charge on any atom is -0.395 e. The minimum atomic E-state index is -3.65. The van der Waals surface area contributed by atoms with Crippen molar-refractivity contribution in [3.8, 4) is 0 Å². The predicted molar refractivity (Wildman–Crippen MR) is 69.9 cm³/mol. The molecular weight excluding hydrogens is 254 g/mol. The van der Waals surface area contributed by atoms with Crippen molar-refractivity contribution in [2.24, 2.45) is 0 Å². The third kappa shape index (κ3) is 2.98. The summed E-state index contributed by atoms with van der Waals surface area (Å²) in [4.78, 5) is 4.14. The fourth-order valence-electron chi connectivity index (χ4n) is 1.41. The molecule has 7 heteroatoms. The van der Waals surface area contributed by atoms with Crippen LogP contribution in [0.25, 0.3) is 0 Å². The molecule has 2 N–H and O–H groups in total. The van der Waals surface area contributed by atoms with Crippen LogP contribution in [-0.2, 0) is 10.0 Å². The maximum Gasteiger partial charge on any atom is 0.246 e. The van der Waals surface area contributed by atoms with E-state index in [2.05, 4.69) is 10.3 Å².